The van der Waals surface area contributed by atoms with Gasteiger partial charge in [-0.05, 0) is 64.2 Å². The Kier molecular flexibility index (Phi) is 29.8. The molecule has 10 atom stereocenters. The molecule has 6 N–H and O–H groups in total. The monoisotopic (exact) mass is 877 g/mol. The Hall–Kier alpha value is -1.71. The quantitative estimate of drug-likeness (QED) is 0.0115. The number of phosphoric ester groups is 1. The van der Waals surface area contributed by atoms with E-state index >= 15 is 0 Å². The number of epoxide rings is 1. The van der Waals surface area contributed by atoms with Crippen molar-refractivity contribution in [1.82, 2.24) is 0 Å². The first-order valence-electron chi connectivity index (χ1n) is 23.3. The maximum absolute atomic E-state index is 12.8. The van der Waals surface area contributed by atoms with Gasteiger partial charge in [-0.15, -0.1) is 0 Å². The number of unbranched alkanes of at least 4 members (excludes halogenated alkanes) is 18. The lowest BCUT2D eigenvalue weighted by Gasteiger charge is -2.41. The number of aliphatic hydroxyl groups is 5. The summed E-state index contributed by atoms with van der Waals surface area (Å²) < 4.78 is 39.3. The van der Waals surface area contributed by atoms with Gasteiger partial charge in [0.25, 0.3) is 0 Å². The van der Waals surface area contributed by atoms with Crippen molar-refractivity contribution in [2.45, 2.75) is 236 Å². The van der Waals surface area contributed by atoms with Gasteiger partial charge < -0.3 is 44.6 Å². The van der Waals surface area contributed by atoms with E-state index < -0.39 is 75.7 Å². The predicted octanol–water partition coefficient (Wildman–Crippen LogP) is 7.82. The fourth-order valence-corrected chi connectivity index (χ4v) is 8.26. The van der Waals surface area contributed by atoms with Crippen LogP contribution in [0.2, 0.25) is 0 Å². The van der Waals surface area contributed by atoms with Gasteiger partial charge >= 0.3 is 19.8 Å². The Morgan fingerprint density at radius 1 is 0.583 bits per heavy atom. The first-order chi connectivity index (χ1) is 28.9. The summed E-state index contributed by atoms with van der Waals surface area (Å²) in [5.41, 5.74) is 0. The number of aliphatic hydroxyl groups excluding tert-OH is 5. The van der Waals surface area contributed by atoms with E-state index in [1.54, 1.807) is 0 Å². The van der Waals surface area contributed by atoms with Gasteiger partial charge in [0, 0.05) is 12.8 Å². The van der Waals surface area contributed by atoms with Crippen molar-refractivity contribution in [3.63, 3.8) is 0 Å². The standard InChI is InChI=1S/C45H81O14P/c1-3-5-7-9-11-12-13-14-15-16-17-18-19-23-28-32-39(47)57-35(34-56-60(53,54)59-45-43(51)41(49)40(48)42(50)44(45)52)33-55-38(46)31-27-24-20-22-26-30-37-36(58-37)29-25-21-10-8-6-4-2/h14-15,21,25,35-37,40-45,48-52H,3-13,16-20,22-24,26-34H2,1-2H3,(H,53,54)/b15-14-,25-21-/t35-,36?,37?,40?,41-,42+,43-,44-,45?/m1/s1. The van der Waals surface area contributed by atoms with E-state index in [-0.39, 0.29) is 12.8 Å². The van der Waals surface area contributed by atoms with Crippen molar-refractivity contribution >= 4 is 19.8 Å². The molecule has 2 fully saturated rings. The van der Waals surface area contributed by atoms with Crippen molar-refractivity contribution in [1.29, 1.82) is 0 Å². The van der Waals surface area contributed by atoms with Crippen LogP contribution in [0.15, 0.2) is 24.3 Å². The van der Waals surface area contributed by atoms with Crippen LogP contribution in [0.25, 0.3) is 0 Å². The lowest BCUT2D eigenvalue weighted by Crippen LogP contribution is -2.64. The molecule has 60 heavy (non-hydrogen) atoms. The third-order valence-electron chi connectivity index (χ3n) is 11.2. The fourth-order valence-electron chi connectivity index (χ4n) is 7.29. The van der Waals surface area contributed by atoms with Gasteiger partial charge in [-0.25, -0.2) is 4.57 Å². The van der Waals surface area contributed by atoms with Crippen LogP contribution >= 0.6 is 7.82 Å². The highest BCUT2D eigenvalue weighted by atomic mass is 31.2. The molecule has 15 heteroatoms. The molecule has 350 valence electrons. The topological polar surface area (TPSA) is 222 Å². The van der Waals surface area contributed by atoms with Crippen molar-refractivity contribution < 1.29 is 67.8 Å². The largest absolute Gasteiger partial charge is 0.472 e. The molecule has 2 rings (SSSR count). The van der Waals surface area contributed by atoms with Crippen molar-refractivity contribution in [2.24, 2.45) is 0 Å². The molecule has 5 unspecified atom stereocenters. The summed E-state index contributed by atoms with van der Waals surface area (Å²) in [6.07, 6.45) is 22.5. The smallest absolute Gasteiger partial charge is 0.462 e. The fraction of sp³-hybridized carbons (Fsp3) is 0.867. The van der Waals surface area contributed by atoms with Crippen molar-refractivity contribution in [3.05, 3.63) is 24.3 Å². The Morgan fingerprint density at radius 2 is 1.05 bits per heavy atom. The Bertz CT molecular complexity index is 1220. The molecule has 0 bridgehead atoms. The zero-order valence-electron chi connectivity index (χ0n) is 36.7. The van der Waals surface area contributed by atoms with Gasteiger partial charge in [-0.2, -0.15) is 0 Å². The first-order valence-corrected chi connectivity index (χ1v) is 24.8. The van der Waals surface area contributed by atoms with Gasteiger partial charge in [0.05, 0.1) is 18.8 Å². The number of ether oxygens (including phenoxy) is 3. The van der Waals surface area contributed by atoms with Gasteiger partial charge in [0.15, 0.2) is 6.10 Å². The lowest BCUT2D eigenvalue weighted by atomic mass is 9.85. The summed E-state index contributed by atoms with van der Waals surface area (Å²) in [5.74, 6) is -1.13. The van der Waals surface area contributed by atoms with Gasteiger partial charge in [-0.3, -0.25) is 18.6 Å². The average molecular weight is 877 g/mol. The summed E-state index contributed by atoms with van der Waals surface area (Å²) in [6.45, 7) is 3.24. The third kappa shape index (κ3) is 24.8. The number of phosphoric acid groups is 1. The van der Waals surface area contributed by atoms with Crippen LogP contribution in [0.4, 0.5) is 0 Å². The zero-order chi connectivity index (χ0) is 44.0. The van der Waals surface area contributed by atoms with E-state index in [0.29, 0.717) is 25.0 Å². The predicted molar refractivity (Wildman–Crippen MR) is 230 cm³/mol. The zero-order valence-corrected chi connectivity index (χ0v) is 37.6. The van der Waals surface area contributed by atoms with E-state index in [1.807, 2.05) is 0 Å². The number of allylic oxidation sites excluding steroid dienone is 3. The Balaban J connectivity index is 1.71. The minimum atomic E-state index is -5.13. The van der Waals surface area contributed by atoms with E-state index in [1.165, 1.54) is 57.8 Å². The summed E-state index contributed by atoms with van der Waals surface area (Å²) in [6, 6.07) is 0. The first kappa shape index (κ1) is 54.4. The number of esters is 2. The van der Waals surface area contributed by atoms with Crippen LogP contribution < -0.4 is 0 Å². The van der Waals surface area contributed by atoms with Crippen LogP contribution in [0.1, 0.15) is 181 Å². The molecule has 1 heterocycles. The molecule has 0 spiro atoms. The van der Waals surface area contributed by atoms with Gasteiger partial charge in [0.1, 0.15) is 43.2 Å². The molecular weight excluding hydrogens is 795 g/mol. The van der Waals surface area contributed by atoms with Crippen LogP contribution in [-0.4, -0.2) is 111 Å². The molecule has 0 aromatic rings. The normalized spacial score (nSPS) is 25.7. The lowest BCUT2D eigenvalue weighted by molar-refractivity contribution is -0.220. The highest BCUT2D eigenvalue weighted by Crippen LogP contribution is 2.47. The molecule has 1 saturated heterocycles. The molecular formula is C45H81O14P. The third-order valence-corrected chi connectivity index (χ3v) is 12.2. The van der Waals surface area contributed by atoms with Crippen molar-refractivity contribution in [2.75, 3.05) is 13.2 Å². The summed E-state index contributed by atoms with van der Waals surface area (Å²) in [4.78, 5) is 35.7. The maximum atomic E-state index is 12.8. The summed E-state index contributed by atoms with van der Waals surface area (Å²) in [7, 11) is -5.13. The van der Waals surface area contributed by atoms with E-state index in [4.69, 9.17) is 23.3 Å². The molecule has 0 aromatic heterocycles. The summed E-state index contributed by atoms with van der Waals surface area (Å²) >= 11 is 0. The Morgan fingerprint density at radius 3 is 1.65 bits per heavy atom. The highest BCUT2D eigenvalue weighted by molar-refractivity contribution is 7.47. The molecule has 2 aliphatic rings. The second-order valence-electron chi connectivity index (χ2n) is 16.6. The van der Waals surface area contributed by atoms with Gasteiger partial charge in [-0.1, -0.05) is 128 Å². The van der Waals surface area contributed by atoms with Gasteiger partial charge in [0.2, 0.25) is 0 Å². The van der Waals surface area contributed by atoms with Crippen molar-refractivity contribution in [3.8, 4) is 0 Å². The highest BCUT2D eigenvalue weighted by Gasteiger charge is 2.51. The number of hydrogen-bond acceptors (Lipinski definition) is 13. The molecule has 14 nitrogen and oxygen atoms in total. The minimum absolute atomic E-state index is 0.0815. The van der Waals surface area contributed by atoms with E-state index in [0.717, 1.165) is 83.5 Å². The number of carbonyl (C=O) groups excluding carboxylic acids is 2. The number of rotatable bonds is 37. The number of hydrogen-bond donors (Lipinski definition) is 6. The Labute approximate surface area is 360 Å². The molecule has 1 aliphatic carbocycles. The molecule has 0 amide bonds. The number of carbonyl (C=O) groups is 2. The van der Waals surface area contributed by atoms with Crippen LogP contribution in [0.5, 0.6) is 0 Å². The van der Waals surface area contributed by atoms with E-state index in [2.05, 4.69) is 38.2 Å². The molecule has 0 radical (unpaired) electrons. The van der Waals surface area contributed by atoms with E-state index in [9.17, 15) is 44.6 Å². The average Bonchev–Trinajstić information content (AvgIpc) is 3.99. The van der Waals surface area contributed by atoms with Crippen LogP contribution in [-0.2, 0) is 37.4 Å². The maximum Gasteiger partial charge on any atom is 0.472 e. The van der Waals surface area contributed by atoms with Crippen LogP contribution in [0.3, 0.4) is 0 Å². The minimum Gasteiger partial charge on any atom is -0.462 e. The summed E-state index contributed by atoms with van der Waals surface area (Å²) in [5, 5.41) is 50.1. The molecule has 1 aliphatic heterocycles. The SMILES string of the molecule is CCCCC/C=C\CC1OC1CCCCCCCC(=O)OC[C@H](COP(=O)(O)OC1[C@H](O)[C@H](O)C(O)[C@H](O)[C@H]1O)OC(=O)CCCCCCC/C=C\CCCCCCCC. The van der Waals surface area contributed by atoms with Crippen LogP contribution in [0, 0.1) is 0 Å². The second kappa shape index (κ2) is 32.9. The molecule has 1 saturated carbocycles. The second-order valence-corrected chi connectivity index (χ2v) is 18.0. The molecule has 0 aromatic carbocycles.